The molecule has 0 aliphatic heterocycles. The molecule has 0 aromatic heterocycles. The molecular weight excluding hydrogens is 310 g/mol. The summed E-state index contributed by atoms with van der Waals surface area (Å²) in [5.74, 6) is -0.147. The topological polar surface area (TPSA) is 54.5 Å². The quantitative estimate of drug-likeness (QED) is 0.800. The molecule has 6 heteroatoms. The zero-order valence-corrected chi connectivity index (χ0v) is 14.1. The van der Waals surface area contributed by atoms with Crippen molar-refractivity contribution in [3.8, 4) is 0 Å². The lowest BCUT2D eigenvalue weighted by molar-refractivity contribution is 0.0735. The first-order valence-corrected chi connectivity index (χ1v) is 9.36. The molecular formula is C15H20ClNO3S. The van der Waals surface area contributed by atoms with Crippen molar-refractivity contribution in [2.24, 2.45) is 0 Å². The number of rotatable bonds is 3. The molecule has 0 spiro atoms. The lowest BCUT2D eigenvalue weighted by Gasteiger charge is -2.25. The standard InChI is InChI=1S/C15H20ClNO3S/c1-10-8-12(9-14(11(10)2)21(16,19)20)15(18)17(3)13-6-4-5-7-13/h8-9,13H,4-7H2,1-3H3. The second kappa shape index (κ2) is 5.97. The Bertz CT molecular complexity index is 664. The van der Waals surface area contributed by atoms with E-state index in [1.807, 2.05) is 0 Å². The summed E-state index contributed by atoms with van der Waals surface area (Å²) in [7, 11) is 3.39. The molecule has 1 amide bonds. The van der Waals surface area contributed by atoms with Crippen molar-refractivity contribution in [2.75, 3.05) is 7.05 Å². The van der Waals surface area contributed by atoms with Gasteiger partial charge in [0.2, 0.25) is 0 Å². The number of halogens is 1. The molecule has 116 valence electrons. The number of hydrogen-bond acceptors (Lipinski definition) is 3. The third-order valence-corrected chi connectivity index (χ3v) is 5.77. The van der Waals surface area contributed by atoms with E-state index in [2.05, 4.69) is 0 Å². The molecule has 1 aromatic carbocycles. The molecule has 2 rings (SSSR count). The normalized spacial score (nSPS) is 16.2. The maximum absolute atomic E-state index is 12.6. The highest BCUT2D eigenvalue weighted by molar-refractivity contribution is 8.13. The minimum absolute atomic E-state index is 0.0207. The number of benzene rings is 1. The monoisotopic (exact) mass is 329 g/mol. The predicted octanol–water partition coefficient (Wildman–Crippen LogP) is 3.25. The molecule has 1 fully saturated rings. The molecule has 1 aliphatic carbocycles. The van der Waals surface area contributed by atoms with Gasteiger partial charge in [-0.3, -0.25) is 4.79 Å². The van der Waals surface area contributed by atoms with Crippen molar-refractivity contribution in [3.63, 3.8) is 0 Å². The van der Waals surface area contributed by atoms with Gasteiger partial charge in [0.05, 0.1) is 4.90 Å². The van der Waals surface area contributed by atoms with E-state index in [4.69, 9.17) is 10.7 Å². The first-order chi connectivity index (χ1) is 9.71. The van der Waals surface area contributed by atoms with Crippen LogP contribution in [0.1, 0.15) is 47.2 Å². The van der Waals surface area contributed by atoms with E-state index in [0.29, 0.717) is 11.1 Å². The molecule has 1 aromatic rings. The van der Waals surface area contributed by atoms with Crippen LogP contribution < -0.4 is 0 Å². The zero-order chi connectivity index (χ0) is 15.8. The fraction of sp³-hybridized carbons (Fsp3) is 0.533. The average molecular weight is 330 g/mol. The number of carbonyl (C=O) groups excluding carboxylic acids is 1. The minimum atomic E-state index is -3.86. The molecule has 0 unspecified atom stereocenters. The van der Waals surface area contributed by atoms with Crippen LogP contribution in [0.25, 0.3) is 0 Å². The Labute approximate surface area is 130 Å². The highest BCUT2D eigenvalue weighted by Crippen LogP contribution is 2.27. The Balaban J connectivity index is 2.40. The molecule has 0 atom stereocenters. The molecule has 0 heterocycles. The molecule has 0 saturated heterocycles. The predicted molar refractivity (Wildman–Crippen MR) is 83.3 cm³/mol. The maximum atomic E-state index is 12.6. The van der Waals surface area contributed by atoms with Crippen LogP contribution in [-0.2, 0) is 9.05 Å². The van der Waals surface area contributed by atoms with Crippen molar-refractivity contribution < 1.29 is 13.2 Å². The average Bonchev–Trinajstić information content (AvgIpc) is 2.92. The van der Waals surface area contributed by atoms with Crippen LogP contribution in [-0.4, -0.2) is 32.3 Å². The minimum Gasteiger partial charge on any atom is -0.339 e. The Morgan fingerprint density at radius 1 is 1.24 bits per heavy atom. The lowest BCUT2D eigenvalue weighted by atomic mass is 10.0. The van der Waals surface area contributed by atoms with Crippen LogP contribution in [0.2, 0.25) is 0 Å². The largest absolute Gasteiger partial charge is 0.339 e. The second-order valence-electron chi connectivity index (χ2n) is 5.71. The van der Waals surface area contributed by atoms with Crippen LogP contribution >= 0.6 is 10.7 Å². The highest BCUT2D eigenvalue weighted by Gasteiger charge is 2.26. The molecule has 0 radical (unpaired) electrons. The third kappa shape index (κ3) is 3.40. The maximum Gasteiger partial charge on any atom is 0.261 e. The first-order valence-electron chi connectivity index (χ1n) is 7.05. The molecule has 1 aliphatic rings. The molecule has 4 nitrogen and oxygen atoms in total. The van der Waals surface area contributed by atoms with Gasteiger partial charge in [0.15, 0.2) is 0 Å². The number of aryl methyl sites for hydroxylation is 1. The van der Waals surface area contributed by atoms with Gasteiger partial charge in [0, 0.05) is 29.3 Å². The second-order valence-corrected chi connectivity index (χ2v) is 8.24. The van der Waals surface area contributed by atoms with Crippen LogP contribution in [0.15, 0.2) is 17.0 Å². The van der Waals surface area contributed by atoms with Crippen LogP contribution in [0.3, 0.4) is 0 Å². The van der Waals surface area contributed by atoms with Gasteiger partial charge in [-0.05, 0) is 49.9 Å². The summed E-state index contributed by atoms with van der Waals surface area (Å²) in [6.07, 6.45) is 4.29. The molecule has 0 bridgehead atoms. The van der Waals surface area contributed by atoms with Crippen LogP contribution in [0, 0.1) is 13.8 Å². The van der Waals surface area contributed by atoms with Crippen molar-refractivity contribution >= 4 is 25.6 Å². The summed E-state index contributed by atoms with van der Waals surface area (Å²) in [4.78, 5) is 14.3. The lowest BCUT2D eigenvalue weighted by Crippen LogP contribution is -2.35. The molecule has 0 N–H and O–H groups in total. The highest BCUT2D eigenvalue weighted by atomic mass is 35.7. The van der Waals surface area contributed by atoms with Gasteiger partial charge in [0.25, 0.3) is 15.0 Å². The smallest absolute Gasteiger partial charge is 0.261 e. The fourth-order valence-electron chi connectivity index (χ4n) is 2.86. The Morgan fingerprint density at radius 2 is 1.81 bits per heavy atom. The van der Waals surface area contributed by atoms with Gasteiger partial charge >= 0.3 is 0 Å². The third-order valence-electron chi connectivity index (χ3n) is 4.32. The molecule has 1 saturated carbocycles. The van der Waals surface area contributed by atoms with Crippen LogP contribution in [0.5, 0.6) is 0 Å². The van der Waals surface area contributed by atoms with Crippen molar-refractivity contribution in [3.05, 3.63) is 28.8 Å². The van der Waals surface area contributed by atoms with Crippen molar-refractivity contribution in [2.45, 2.75) is 50.5 Å². The number of carbonyl (C=O) groups is 1. The van der Waals surface area contributed by atoms with E-state index >= 15 is 0 Å². The summed E-state index contributed by atoms with van der Waals surface area (Å²) in [5.41, 5.74) is 1.72. The van der Waals surface area contributed by atoms with Gasteiger partial charge in [-0.25, -0.2) is 8.42 Å². The van der Waals surface area contributed by atoms with E-state index in [1.165, 1.54) is 6.07 Å². The summed E-state index contributed by atoms with van der Waals surface area (Å²) in [5, 5.41) is 0. The van der Waals surface area contributed by atoms with E-state index in [1.54, 1.807) is 31.9 Å². The van der Waals surface area contributed by atoms with E-state index in [0.717, 1.165) is 31.2 Å². The van der Waals surface area contributed by atoms with Gasteiger partial charge < -0.3 is 4.90 Å². The Hall–Kier alpha value is -1.07. The number of amides is 1. The van der Waals surface area contributed by atoms with Crippen LogP contribution in [0.4, 0.5) is 0 Å². The Morgan fingerprint density at radius 3 is 2.33 bits per heavy atom. The number of nitrogens with zero attached hydrogens (tertiary/aromatic N) is 1. The van der Waals surface area contributed by atoms with Gasteiger partial charge in [-0.15, -0.1) is 0 Å². The zero-order valence-electron chi connectivity index (χ0n) is 12.5. The van der Waals surface area contributed by atoms with Crippen molar-refractivity contribution in [1.29, 1.82) is 0 Å². The SMILES string of the molecule is Cc1cc(C(=O)N(C)C2CCCC2)cc(S(=O)(=O)Cl)c1C. The molecule has 21 heavy (non-hydrogen) atoms. The first kappa shape index (κ1) is 16.3. The van der Waals surface area contributed by atoms with E-state index < -0.39 is 9.05 Å². The summed E-state index contributed by atoms with van der Waals surface area (Å²) in [6, 6.07) is 3.36. The summed E-state index contributed by atoms with van der Waals surface area (Å²) < 4.78 is 23.3. The number of hydrogen-bond donors (Lipinski definition) is 0. The fourth-order valence-corrected chi connectivity index (χ4v) is 4.14. The van der Waals surface area contributed by atoms with Gasteiger partial charge in [-0.2, -0.15) is 0 Å². The van der Waals surface area contributed by atoms with E-state index in [9.17, 15) is 13.2 Å². The summed E-state index contributed by atoms with van der Waals surface area (Å²) >= 11 is 0. The Kier molecular flexibility index (Phi) is 4.63. The summed E-state index contributed by atoms with van der Waals surface area (Å²) in [6.45, 7) is 3.48. The van der Waals surface area contributed by atoms with E-state index in [-0.39, 0.29) is 16.8 Å². The van der Waals surface area contributed by atoms with Crippen molar-refractivity contribution in [1.82, 2.24) is 4.90 Å². The van der Waals surface area contributed by atoms with Gasteiger partial charge in [0.1, 0.15) is 0 Å². The van der Waals surface area contributed by atoms with Gasteiger partial charge in [-0.1, -0.05) is 12.8 Å².